The van der Waals surface area contributed by atoms with Crippen LogP contribution in [0.4, 0.5) is 0 Å². The molecular formula is C4H9N3O2. The van der Waals surface area contributed by atoms with Crippen molar-refractivity contribution in [3.8, 4) is 0 Å². The molecule has 0 saturated carbocycles. The summed E-state index contributed by atoms with van der Waals surface area (Å²) in [6, 6.07) is 0. The highest BCUT2D eigenvalue weighted by Crippen LogP contribution is 2.04. The molecule has 0 heterocycles. The summed E-state index contributed by atoms with van der Waals surface area (Å²) in [4.78, 5) is 2.42. The van der Waals surface area contributed by atoms with Gasteiger partial charge < -0.3 is 9.84 Å². The molecule has 9 heavy (non-hydrogen) atoms. The first-order valence-electron chi connectivity index (χ1n) is 2.40. The summed E-state index contributed by atoms with van der Waals surface area (Å²) >= 11 is 0. The van der Waals surface area contributed by atoms with Gasteiger partial charge in [0, 0.05) is 12.0 Å². The van der Waals surface area contributed by atoms with E-state index in [1.165, 1.54) is 14.0 Å². The van der Waals surface area contributed by atoms with E-state index >= 15 is 0 Å². The lowest BCUT2D eigenvalue weighted by atomic mass is 10.3. The zero-order valence-electron chi connectivity index (χ0n) is 5.40. The highest BCUT2D eigenvalue weighted by Gasteiger charge is 2.16. The van der Waals surface area contributed by atoms with Gasteiger partial charge in [-0.3, -0.25) is 0 Å². The van der Waals surface area contributed by atoms with Gasteiger partial charge in [-0.05, 0) is 12.5 Å². The van der Waals surface area contributed by atoms with E-state index in [0.717, 1.165) is 0 Å². The number of nitrogens with zero attached hydrogens (tertiary/aromatic N) is 3. The zero-order chi connectivity index (χ0) is 7.33. The Labute approximate surface area is 52.9 Å². The Morgan fingerprint density at radius 3 is 2.78 bits per heavy atom. The Balaban J connectivity index is 3.85. The molecule has 0 aromatic rings. The first-order valence-corrected chi connectivity index (χ1v) is 2.40. The maximum atomic E-state index is 8.97. The molecule has 0 aliphatic heterocycles. The average Bonchev–Trinajstić information content (AvgIpc) is 1.64. The number of methoxy groups -OCH3 is 1. The fourth-order valence-corrected chi connectivity index (χ4v) is 0.399. The monoisotopic (exact) mass is 131 g/mol. The Morgan fingerprint density at radius 1 is 1.89 bits per heavy atom. The number of hydrogen-bond acceptors (Lipinski definition) is 3. The zero-order valence-corrected chi connectivity index (χ0v) is 5.40. The fraction of sp³-hybridized carbons (Fsp3) is 1.00. The van der Waals surface area contributed by atoms with Crippen molar-refractivity contribution in [3.05, 3.63) is 10.4 Å². The molecule has 0 bridgehead atoms. The molecule has 0 radical (unpaired) electrons. The van der Waals surface area contributed by atoms with Crippen LogP contribution < -0.4 is 0 Å². The fourth-order valence-electron chi connectivity index (χ4n) is 0.399. The van der Waals surface area contributed by atoms with E-state index in [2.05, 4.69) is 14.8 Å². The van der Waals surface area contributed by atoms with E-state index in [0.29, 0.717) is 0 Å². The molecule has 0 amide bonds. The van der Waals surface area contributed by atoms with Crippen LogP contribution in [-0.2, 0) is 4.74 Å². The van der Waals surface area contributed by atoms with Crippen molar-refractivity contribution >= 4 is 0 Å². The Hall–Kier alpha value is -0.770. The van der Waals surface area contributed by atoms with E-state index in [1.807, 2.05) is 0 Å². The summed E-state index contributed by atoms with van der Waals surface area (Å²) in [7, 11) is 1.42. The number of ether oxygens (including phenoxy) is 1. The van der Waals surface area contributed by atoms with Crippen molar-refractivity contribution in [1.82, 2.24) is 0 Å². The molecule has 0 aliphatic rings. The van der Waals surface area contributed by atoms with Crippen molar-refractivity contribution in [2.45, 2.75) is 12.6 Å². The number of hydrogen-bond donors (Lipinski definition) is 1. The highest BCUT2D eigenvalue weighted by molar-refractivity contribution is 4.67. The molecule has 0 saturated heterocycles. The van der Waals surface area contributed by atoms with Gasteiger partial charge in [0.25, 0.3) is 0 Å². The number of aliphatic hydroxyl groups is 1. The smallest absolute Gasteiger partial charge is 0.163 e. The summed E-state index contributed by atoms with van der Waals surface area (Å²) < 4.78 is 4.54. The van der Waals surface area contributed by atoms with Crippen LogP contribution in [0, 0.1) is 0 Å². The van der Waals surface area contributed by atoms with Gasteiger partial charge in [0.15, 0.2) is 5.72 Å². The van der Waals surface area contributed by atoms with Crippen LogP contribution in [0.5, 0.6) is 0 Å². The first kappa shape index (κ1) is 8.23. The van der Waals surface area contributed by atoms with Gasteiger partial charge in [-0.2, -0.15) is 0 Å². The van der Waals surface area contributed by atoms with Crippen LogP contribution in [0.25, 0.3) is 10.4 Å². The van der Waals surface area contributed by atoms with Crippen LogP contribution in [0.1, 0.15) is 6.92 Å². The van der Waals surface area contributed by atoms with Crippen molar-refractivity contribution in [2.24, 2.45) is 5.11 Å². The van der Waals surface area contributed by atoms with Crippen LogP contribution in [0.2, 0.25) is 0 Å². The molecule has 52 valence electrons. The lowest BCUT2D eigenvalue weighted by Gasteiger charge is -2.13. The summed E-state index contributed by atoms with van der Waals surface area (Å²) in [6.07, 6.45) is 0. The molecule has 0 aromatic heterocycles. The third-order valence-corrected chi connectivity index (χ3v) is 0.678. The second kappa shape index (κ2) is 3.29. The minimum absolute atomic E-state index is 0.0110. The third-order valence-electron chi connectivity index (χ3n) is 0.678. The van der Waals surface area contributed by atoms with Gasteiger partial charge >= 0.3 is 0 Å². The number of azide groups is 1. The predicted octanol–water partition coefficient (Wildman–Crippen LogP) is 0.652. The van der Waals surface area contributed by atoms with E-state index < -0.39 is 5.72 Å². The molecule has 0 fully saturated rings. The van der Waals surface area contributed by atoms with Crippen molar-refractivity contribution in [2.75, 3.05) is 13.7 Å². The van der Waals surface area contributed by atoms with Crippen LogP contribution >= 0.6 is 0 Å². The average molecular weight is 131 g/mol. The van der Waals surface area contributed by atoms with Gasteiger partial charge in [-0.15, -0.1) is 0 Å². The molecule has 0 rings (SSSR count). The van der Waals surface area contributed by atoms with Gasteiger partial charge in [0.05, 0.1) is 6.61 Å². The quantitative estimate of drug-likeness (QED) is 0.346. The maximum Gasteiger partial charge on any atom is 0.163 e. The van der Waals surface area contributed by atoms with Gasteiger partial charge in [-0.1, -0.05) is 5.11 Å². The topological polar surface area (TPSA) is 78.2 Å². The third kappa shape index (κ3) is 3.78. The Kier molecular flexibility index (Phi) is 3.01. The molecule has 1 atom stereocenters. The minimum Gasteiger partial charge on any atom is -0.382 e. The second-order valence-corrected chi connectivity index (χ2v) is 1.84. The van der Waals surface area contributed by atoms with Crippen LogP contribution in [0.3, 0.4) is 0 Å². The van der Waals surface area contributed by atoms with E-state index in [4.69, 9.17) is 10.6 Å². The summed E-state index contributed by atoms with van der Waals surface area (Å²) in [5.41, 5.74) is 6.46. The molecule has 1 N–H and O–H groups in total. The second-order valence-electron chi connectivity index (χ2n) is 1.84. The molecule has 1 unspecified atom stereocenters. The Morgan fingerprint density at radius 2 is 2.44 bits per heavy atom. The van der Waals surface area contributed by atoms with Crippen molar-refractivity contribution < 1.29 is 9.84 Å². The lowest BCUT2D eigenvalue weighted by Crippen LogP contribution is -2.26. The van der Waals surface area contributed by atoms with Gasteiger partial charge in [0.1, 0.15) is 0 Å². The predicted molar refractivity (Wildman–Crippen MR) is 31.6 cm³/mol. The van der Waals surface area contributed by atoms with Crippen LogP contribution in [-0.4, -0.2) is 24.5 Å². The number of rotatable bonds is 3. The molecule has 0 spiro atoms. The Bertz CT molecular complexity index is 128. The van der Waals surface area contributed by atoms with Crippen molar-refractivity contribution in [1.29, 1.82) is 0 Å². The maximum absolute atomic E-state index is 8.97. The molecule has 0 aromatic carbocycles. The van der Waals surface area contributed by atoms with Crippen molar-refractivity contribution in [3.63, 3.8) is 0 Å². The molecule has 5 nitrogen and oxygen atoms in total. The first-order chi connectivity index (χ1) is 4.12. The molecular weight excluding hydrogens is 122 g/mol. The summed E-state index contributed by atoms with van der Waals surface area (Å²) in [5.74, 6) is 0. The summed E-state index contributed by atoms with van der Waals surface area (Å²) in [6.45, 7) is 1.38. The normalized spacial score (nSPS) is 15.9. The minimum atomic E-state index is -1.41. The highest BCUT2D eigenvalue weighted by atomic mass is 16.5. The lowest BCUT2D eigenvalue weighted by molar-refractivity contribution is -0.0111. The van der Waals surface area contributed by atoms with Crippen LogP contribution in [0.15, 0.2) is 5.11 Å². The van der Waals surface area contributed by atoms with Gasteiger partial charge in [-0.25, -0.2) is 0 Å². The van der Waals surface area contributed by atoms with E-state index in [9.17, 15) is 0 Å². The van der Waals surface area contributed by atoms with E-state index in [1.54, 1.807) is 0 Å². The largest absolute Gasteiger partial charge is 0.382 e. The molecule has 5 heteroatoms. The molecule has 0 aliphatic carbocycles. The SMILES string of the molecule is COCC(C)(O)N=[N+]=[N-]. The standard InChI is InChI=1S/C4H9N3O2/c1-4(8,3-9-2)6-7-5/h8H,3H2,1-2H3. The van der Waals surface area contributed by atoms with E-state index in [-0.39, 0.29) is 6.61 Å². The summed E-state index contributed by atoms with van der Waals surface area (Å²) in [5, 5.41) is 12.0. The van der Waals surface area contributed by atoms with Gasteiger partial charge in [0.2, 0.25) is 0 Å².